The van der Waals surface area contributed by atoms with Gasteiger partial charge in [-0.3, -0.25) is 9.59 Å². The predicted molar refractivity (Wildman–Crippen MR) is 91.5 cm³/mol. The SMILES string of the molecule is CCn1ccnc1C1CCN(C(=O)C(=O)Nc2ccccc2)CC1. The van der Waals surface area contributed by atoms with Gasteiger partial charge in [0.25, 0.3) is 0 Å². The van der Waals surface area contributed by atoms with Gasteiger partial charge < -0.3 is 14.8 Å². The molecule has 126 valence electrons. The largest absolute Gasteiger partial charge is 0.335 e. The van der Waals surface area contributed by atoms with Gasteiger partial charge in [-0.2, -0.15) is 0 Å². The van der Waals surface area contributed by atoms with Crippen molar-refractivity contribution in [1.29, 1.82) is 0 Å². The number of anilines is 1. The van der Waals surface area contributed by atoms with Gasteiger partial charge in [0.05, 0.1) is 0 Å². The highest BCUT2D eigenvalue weighted by Crippen LogP contribution is 2.27. The van der Waals surface area contributed by atoms with Gasteiger partial charge in [0.15, 0.2) is 0 Å². The molecule has 1 aromatic carbocycles. The second-order valence-corrected chi connectivity index (χ2v) is 5.96. The molecule has 1 N–H and O–H groups in total. The normalized spacial score (nSPS) is 15.3. The Kier molecular flexibility index (Phi) is 4.93. The van der Waals surface area contributed by atoms with Crippen LogP contribution in [-0.2, 0) is 16.1 Å². The number of aromatic nitrogens is 2. The summed E-state index contributed by atoms with van der Waals surface area (Å²) >= 11 is 0. The van der Waals surface area contributed by atoms with Gasteiger partial charge in [-0.25, -0.2) is 4.98 Å². The number of amides is 2. The molecule has 0 saturated carbocycles. The molecule has 1 aromatic heterocycles. The number of carbonyl (C=O) groups excluding carboxylic acids is 2. The Morgan fingerprint density at radius 2 is 1.92 bits per heavy atom. The van der Waals surface area contributed by atoms with E-state index in [0.29, 0.717) is 24.7 Å². The maximum Gasteiger partial charge on any atom is 0.313 e. The maximum atomic E-state index is 12.3. The van der Waals surface area contributed by atoms with E-state index in [0.717, 1.165) is 25.2 Å². The van der Waals surface area contributed by atoms with Crippen molar-refractivity contribution in [3.05, 3.63) is 48.5 Å². The van der Waals surface area contributed by atoms with Gasteiger partial charge in [-0.15, -0.1) is 0 Å². The van der Waals surface area contributed by atoms with E-state index >= 15 is 0 Å². The number of benzene rings is 1. The maximum absolute atomic E-state index is 12.3. The molecule has 6 nitrogen and oxygen atoms in total. The summed E-state index contributed by atoms with van der Waals surface area (Å²) in [5.41, 5.74) is 0.635. The minimum absolute atomic E-state index is 0.348. The zero-order chi connectivity index (χ0) is 16.9. The highest BCUT2D eigenvalue weighted by Gasteiger charge is 2.29. The first-order chi connectivity index (χ1) is 11.7. The first-order valence-corrected chi connectivity index (χ1v) is 8.35. The van der Waals surface area contributed by atoms with Crippen molar-refractivity contribution in [2.75, 3.05) is 18.4 Å². The van der Waals surface area contributed by atoms with Crippen LogP contribution in [0.2, 0.25) is 0 Å². The second kappa shape index (κ2) is 7.29. The molecule has 0 atom stereocenters. The number of hydrogen-bond donors (Lipinski definition) is 1. The number of para-hydroxylation sites is 1. The fourth-order valence-electron chi connectivity index (χ4n) is 3.14. The standard InChI is InChI=1S/C18H22N4O2/c1-2-21-13-10-19-16(21)14-8-11-22(12-9-14)18(24)17(23)20-15-6-4-3-5-7-15/h3-7,10,13-14H,2,8-9,11-12H2,1H3,(H,20,23). The number of carbonyl (C=O) groups is 2. The van der Waals surface area contributed by atoms with Crippen LogP contribution >= 0.6 is 0 Å². The molecule has 0 bridgehead atoms. The predicted octanol–water partition coefficient (Wildman–Crippen LogP) is 2.25. The Labute approximate surface area is 141 Å². The van der Waals surface area contributed by atoms with Crippen molar-refractivity contribution < 1.29 is 9.59 Å². The molecule has 2 amide bonds. The fourth-order valence-corrected chi connectivity index (χ4v) is 3.14. The minimum atomic E-state index is -0.574. The van der Waals surface area contributed by atoms with Gasteiger partial charge in [0.1, 0.15) is 5.82 Å². The van der Waals surface area contributed by atoms with Crippen LogP contribution in [0.25, 0.3) is 0 Å². The topological polar surface area (TPSA) is 67.2 Å². The molecule has 1 aliphatic rings. The van der Waals surface area contributed by atoms with Crippen LogP contribution in [0, 0.1) is 0 Å². The highest BCUT2D eigenvalue weighted by molar-refractivity contribution is 6.39. The highest BCUT2D eigenvalue weighted by atomic mass is 16.2. The Morgan fingerprint density at radius 1 is 1.21 bits per heavy atom. The van der Waals surface area contributed by atoms with Gasteiger partial charge in [-0.05, 0) is 31.9 Å². The van der Waals surface area contributed by atoms with E-state index in [1.165, 1.54) is 0 Å². The Balaban J connectivity index is 1.56. The molecular weight excluding hydrogens is 304 g/mol. The van der Waals surface area contributed by atoms with E-state index in [1.807, 2.05) is 30.6 Å². The lowest BCUT2D eigenvalue weighted by Gasteiger charge is -2.31. The van der Waals surface area contributed by atoms with Gasteiger partial charge in [0, 0.05) is 43.6 Å². The van der Waals surface area contributed by atoms with E-state index in [1.54, 1.807) is 17.0 Å². The molecule has 1 saturated heterocycles. The average Bonchev–Trinajstić information content (AvgIpc) is 3.11. The van der Waals surface area contributed by atoms with E-state index in [4.69, 9.17) is 0 Å². The third-order valence-corrected chi connectivity index (χ3v) is 4.46. The van der Waals surface area contributed by atoms with E-state index in [2.05, 4.69) is 21.8 Å². The molecule has 2 heterocycles. The first-order valence-electron chi connectivity index (χ1n) is 8.35. The number of nitrogens with one attached hydrogen (secondary N) is 1. The van der Waals surface area contributed by atoms with E-state index in [9.17, 15) is 9.59 Å². The molecule has 6 heteroatoms. The van der Waals surface area contributed by atoms with Crippen molar-refractivity contribution in [2.45, 2.75) is 32.2 Å². The summed E-state index contributed by atoms with van der Waals surface area (Å²) in [6.07, 6.45) is 5.48. The third kappa shape index (κ3) is 3.48. The summed E-state index contributed by atoms with van der Waals surface area (Å²) in [6, 6.07) is 9.04. The van der Waals surface area contributed by atoms with E-state index in [-0.39, 0.29) is 0 Å². The number of likely N-dealkylation sites (tertiary alicyclic amines) is 1. The number of aryl methyl sites for hydroxylation is 1. The number of hydrogen-bond acceptors (Lipinski definition) is 3. The van der Waals surface area contributed by atoms with Gasteiger partial charge in [-0.1, -0.05) is 18.2 Å². The number of nitrogens with zero attached hydrogens (tertiary/aromatic N) is 3. The minimum Gasteiger partial charge on any atom is -0.335 e. The second-order valence-electron chi connectivity index (χ2n) is 5.96. The summed E-state index contributed by atoms with van der Waals surface area (Å²) in [5, 5.41) is 2.65. The van der Waals surface area contributed by atoms with Gasteiger partial charge >= 0.3 is 11.8 Å². The lowest BCUT2D eigenvalue weighted by molar-refractivity contribution is -0.143. The summed E-state index contributed by atoms with van der Waals surface area (Å²) in [6.45, 7) is 4.16. The summed E-state index contributed by atoms with van der Waals surface area (Å²) in [4.78, 5) is 30.5. The molecule has 0 aliphatic carbocycles. The molecule has 3 rings (SSSR count). The van der Waals surface area contributed by atoms with Gasteiger partial charge in [0.2, 0.25) is 0 Å². The van der Waals surface area contributed by atoms with Crippen LogP contribution in [0.15, 0.2) is 42.7 Å². The molecule has 24 heavy (non-hydrogen) atoms. The van der Waals surface area contributed by atoms with Crippen LogP contribution in [0.5, 0.6) is 0 Å². The van der Waals surface area contributed by atoms with Crippen molar-refractivity contribution in [1.82, 2.24) is 14.5 Å². The average molecular weight is 326 g/mol. The zero-order valence-corrected chi connectivity index (χ0v) is 13.8. The van der Waals surface area contributed by atoms with Crippen molar-refractivity contribution in [3.63, 3.8) is 0 Å². The third-order valence-electron chi connectivity index (χ3n) is 4.46. The van der Waals surface area contributed by atoms with Crippen LogP contribution in [-0.4, -0.2) is 39.4 Å². The van der Waals surface area contributed by atoms with Crippen molar-refractivity contribution in [2.24, 2.45) is 0 Å². The molecule has 1 aliphatic heterocycles. The quantitative estimate of drug-likeness (QED) is 0.880. The van der Waals surface area contributed by atoms with Crippen LogP contribution < -0.4 is 5.32 Å². The summed E-state index contributed by atoms with van der Waals surface area (Å²) in [5.74, 6) is 0.394. The van der Waals surface area contributed by atoms with Crippen LogP contribution in [0.3, 0.4) is 0 Å². The number of rotatable bonds is 3. The van der Waals surface area contributed by atoms with Crippen LogP contribution in [0.1, 0.15) is 31.5 Å². The van der Waals surface area contributed by atoms with E-state index < -0.39 is 11.8 Å². The lowest BCUT2D eigenvalue weighted by Crippen LogP contribution is -2.44. The van der Waals surface area contributed by atoms with Crippen molar-refractivity contribution >= 4 is 17.5 Å². The molecule has 1 fully saturated rings. The molecular formula is C18H22N4O2. The lowest BCUT2D eigenvalue weighted by atomic mass is 9.95. The molecule has 2 aromatic rings. The monoisotopic (exact) mass is 326 g/mol. The van der Waals surface area contributed by atoms with Crippen LogP contribution in [0.4, 0.5) is 5.69 Å². The summed E-state index contributed by atoms with van der Waals surface area (Å²) in [7, 11) is 0. The zero-order valence-electron chi connectivity index (χ0n) is 13.8. The summed E-state index contributed by atoms with van der Waals surface area (Å²) < 4.78 is 2.14. The fraction of sp³-hybridized carbons (Fsp3) is 0.389. The molecule has 0 unspecified atom stereocenters. The number of imidazole rings is 1. The number of piperidine rings is 1. The molecule has 0 radical (unpaired) electrons. The Bertz CT molecular complexity index is 703. The first kappa shape index (κ1) is 16.2. The molecule has 0 spiro atoms. The van der Waals surface area contributed by atoms with Crippen molar-refractivity contribution in [3.8, 4) is 0 Å². The Morgan fingerprint density at radius 3 is 2.58 bits per heavy atom. The smallest absolute Gasteiger partial charge is 0.313 e. The Hall–Kier alpha value is -2.63.